The van der Waals surface area contributed by atoms with Gasteiger partial charge in [-0.2, -0.15) is 11.8 Å². The number of guanidine groups is 1. The molecule has 1 aromatic carbocycles. The number of aliphatic imine (C=N–C) groups is 1. The molecule has 0 aliphatic carbocycles. The number of thioether (sulfide) groups is 1. The Labute approximate surface area is 177 Å². The van der Waals surface area contributed by atoms with E-state index in [-0.39, 0.29) is 11.6 Å². The highest BCUT2D eigenvalue weighted by Crippen LogP contribution is 2.28. The molecule has 3 rings (SSSR count). The molecule has 0 aromatic heterocycles. The van der Waals surface area contributed by atoms with Gasteiger partial charge in [0.25, 0.3) is 0 Å². The summed E-state index contributed by atoms with van der Waals surface area (Å²) in [5.41, 5.74) is 0.302. The molecule has 6 nitrogen and oxygen atoms in total. The number of aliphatic hydroxyl groups is 1. The number of halogens is 1. The Morgan fingerprint density at radius 1 is 1.41 bits per heavy atom. The number of nitrogens with one attached hydrogen (secondary N) is 2. The maximum Gasteiger partial charge on any atom is 0.191 e. The zero-order valence-corrected chi connectivity index (χ0v) is 18.2. The SMILES string of the molecule is CCNC(=NCC1(O)CCSC1)NC1CCN(Cc2ccc(OC)c(F)c2)CC1. The maximum atomic E-state index is 13.9. The summed E-state index contributed by atoms with van der Waals surface area (Å²) in [5.74, 6) is 2.53. The van der Waals surface area contributed by atoms with Gasteiger partial charge >= 0.3 is 0 Å². The van der Waals surface area contributed by atoms with E-state index in [0.29, 0.717) is 12.6 Å². The summed E-state index contributed by atoms with van der Waals surface area (Å²) < 4.78 is 18.9. The second-order valence-corrected chi connectivity index (χ2v) is 8.99. The zero-order valence-electron chi connectivity index (χ0n) is 17.4. The monoisotopic (exact) mass is 424 g/mol. The van der Waals surface area contributed by atoms with Crippen molar-refractivity contribution in [1.29, 1.82) is 0 Å². The van der Waals surface area contributed by atoms with Crippen LogP contribution in [0.2, 0.25) is 0 Å². The van der Waals surface area contributed by atoms with Gasteiger partial charge < -0.3 is 20.5 Å². The molecular weight excluding hydrogens is 391 g/mol. The number of benzene rings is 1. The van der Waals surface area contributed by atoms with E-state index in [1.54, 1.807) is 23.9 Å². The molecule has 29 heavy (non-hydrogen) atoms. The lowest BCUT2D eigenvalue weighted by molar-refractivity contribution is 0.0778. The van der Waals surface area contributed by atoms with Gasteiger partial charge in [-0.25, -0.2) is 4.39 Å². The smallest absolute Gasteiger partial charge is 0.191 e. The Morgan fingerprint density at radius 2 is 2.21 bits per heavy atom. The second kappa shape index (κ2) is 10.5. The summed E-state index contributed by atoms with van der Waals surface area (Å²) in [7, 11) is 1.48. The van der Waals surface area contributed by atoms with Crippen LogP contribution in [0, 0.1) is 5.82 Å². The number of rotatable bonds is 7. The molecule has 1 atom stereocenters. The summed E-state index contributed by atoms with van der Waals surface area (Å²) in [6.45, 7) is 5.93. The quantitative estimate of drug-likeness (QED) is 0.461. The number of likely N-dealkylation sites (tertiary alicyclic amines) is 1. The molecular formula is C21H33FN4O2S. The van der Waals surface area contributed by atoms with Gasteiger partial charge in [-0.3, -0.25) is 9.89 Å². The highest BCUT2D eigenvalue weighted by atomic mass is 32.2. The van der Waals surface area contributed by atoms with Crippen molar-refractivity contribution in [3.63, 3.8) is 0 Å². The molecule has 2 saturated heterocycles. The van der Waals surface area contributed by atoms with Crippen LogP contribution < -0.4 is 15.4 Å². The number of piperidine rings is 1. The number of ether oxygens (including phenoxy) is 1. The van der Waals surface area contributed by atoms with Gasteiger partial charge in [-0.15, -0.1) is 0 Å². The van der Waals surface area contributed by atoms with E-state index >= 15 is 0 Å². The van der Waals surface area contributed by atoms with Crippen molar-refractivity contribution in [2.45, 2.75) is 44.4 Å². The fourth-order valence-corrected chi connectivity index (χ4v) is 5.05. The lowest BCUT2D eigenvalue weighted by Crippen LogP contribution is -2.49. The Morgan fingerprint density at radius 3 is 2.83 bits per heavy atom. The lowest BCUT2D eigenvalue weighted by Gasteiger charge is -2.33. The summed E-state index contributed by atoms with van der Waals surface area (Å²) >= 11 is 1.79. The third kappa shape index (κ3) is 6.49. The molecule has 1 unspecified atom stereocenters. The minimum absolute atomic E-state index is 0.285. The van der Waals surface area contributed by atoms with E-state index in [1.807, 2.05) is 13.0 Å². The molecule has 2 fully saturated rings. The highest BCUT2D eigenvalue weighted by molar-refractivity contribution is 7.99. The van der Waals surface area contributed by atoms with Crippen molar-refractivity contribution >= 4 is 17.7 Å². The van der Waals surface area contributed by atoms with E-state index in [1.165, 1.54) is 7.11 Å². The van der Waals surface area contributed by atoms with Crippen LogP contribution in [0.4, 0.5) is 4.39 Å². The van der Waals surface area contributed by atoms with Gasteiger partial charge in [0.05, 0.1) is 19.3 Å². The molecule has 2 heterocycles. The van der Waals surface area contributed by atoms with E-state index in [9.17, 15) is 9.50 Å². The van der Waals surface area contributed by atoms with Gasteiger partial charge in [-0.1, -0.05) is 6.07 Å². The molecule has 0 amide bonds. The van der Waals surface area contributed by atoms with Crippen molar-refractivity contribution in [3.05, 3.63) is 29.6 Å². The molecule has 162 valence electrons. The minimum Gasteiger partial charge on any atom is -0.494 e. The van der Waals surface area contributed by atoms with Crippen molar-refractivity contribution in [2.24, 2.45) is 4.99 Å². The van der Waals surface area contributed by atoms with Crippen LogP contribution >= 0.6 is 11.8 Å². The Kier molecular flexibility index (Phi) is 8.03. The highest BCUT2D eigenvalue weighted by Gasteiger charge is 2.31. The first kappa shape index (κ1) is 22.2. The standard InChI is InChI=1S/C21H33FN4O2S/c1-3-23-20(24-14-21(27)8-11-29-15-21)25-17-6-9-26(10-7-17)13-16-4-5-19(28-2)18(22)12-16/h4-5,12,17,27H,3,6-11,13-15H2,1-2H3,(H2,23,24,25). The first-order chi connectivity index (χ1) is 14.0. The maximum absolute atomic E-state index is 13.9. The number of methoxy groups -OCH3 is 1. The van der Waals surface area contributed by atoms with E-state index in [0.717, 1.165) is 68.5 Å². The third-order valence-electron chi connectivity index (χ3n) is 5.51. The average Bonchev–Trinajstić information content (AvgIpc) is 3.15. The molecule has 8 heteroatoms. The fraction of sp³-hybridized carbons (Fsp3) is 0.667. The van der Waals surface area contributed by atoms with Gasteiger partial charge in [-0.05, 0) is 49.6 Å². The Bertz CT molecular complexity index is 689. The predicted molar refractivity (Wildman–Crippen MR) is 117 cm³/mol. The normalized spacial score (nSPS) is 23.9. The largest absolute Gasteiger partial charge is 0.494 e. The molecule has 0 spiro atoms. The minimum atomic E-state index is -0.663. The van der Waals surface area contributed by atoms with Gasteiger partial charge in [0.2, 0.25) is 0 Å². The molecule has 2 aliphatic rings. The first-order valence-corrected chi connectivity index (χ1v) is 11.6. The molecule has 2 aliphatic heterocycles. The summed E-state index contributed by atoms with van der Waals surface area (Å²) in [4.78, 5) is 6.99. The van der Waals surface area contributed by atoms with Crippen LogP contribution in [0.5, 0.6) is 5.75 Å². The summed E-state index contributed by atoms with van der Waals surface area (Å²) in [6, 6.07) is 5.53. The fourth-order valence-electron chi connectivity index (χ4n) is 3.76. The van der Waals surface area contributed by atoms with Crippen LogP contribution in [0.1, 0.15) is 31.7 Å². The molecule has 1 aromatic rings. The van der Waals surface area contributed by atoms with Crippen molar-refractivity contribution < 1.29 is 14.2 Å². The number of nitrogens with zero attached hydrogens (tertiary/aromatic N) is 2. The van der Waals surface area contributed by atoms with Crippen LogP contribution in [0.25, 0.3) is 0 Å². The molecule has 0 radical (unpaired) electrons. The molecule has 3 N–H and O–H groups in total. The Balaban J connectivity index is 1.48. The van der Waals surface area contributed by atoms with Gasteiger partial charge in [0.1, 0.15) is 0 Å². The van der Waals surface area contributed by atoms with Crippen LogP contribution in [0.15, 0.2) is 23.2 Å². The summed E-state index contributed by atoms with van der Waals surface area (Å²) in [6.07, 6.45) is 2.82. The van der Waals surface area contributed by atoms with Crippen molar-refractivity contribution in [2.75, 3.05) is 44.8 Å². The third-order valence-corrected chi connectivity index (χ3v) is 6.74. The second-order valence-electron chi connectivity index (χ2n) is 7.89. The van der Waals surface area contributed by atoms with Crippen LogP contribution in [-0.4, -0.2) is 72.4 Å². The van der Waals surface area contributed by atoms with E-state index < -0.39 is 5.60 Å². The van der Waals surface area contributed by atoms with Crippen molar-refractivity contribution in [3.8, 4) is 5.75 Å². The van der Waals surface area contributed by atoms with Gasteiger partial charge in [0.15, 0.2) is 17.5 Å². The lowest BCUT2D eigenvalue weighted by atomic mass is 10.0. The first-order valence-electron chi connectivity index (χ1n) is 10.4. The predicted octanol–water partition coefficient (Wildman–Crippen LogP) is 2.22. The Hall–Kier alpha value is -1.51. The van der Waals surface area contributed by atoms with Crippen molar-refractivity contribution in [1.82, 2.24) is 15.5 Å². The molecule has 0 saturated carbocycles. The number of hydrogen-bond acceptors (Lipinski definition) is 5. The topological polar surface area (TPSA) is 69.1 Å². The van der Waals surface area contributed by atoms with Crippen LogP contribution in [0.3, 0.4) is 0 Å². The molecule has 0 bridgehead atoms. The van der Waals surface area contributed by atoms with E-state index in [2.05, 4.69) is 20.5 Å². The van der Waals surface area contributed by atoms with Gasteiger partial charge in [0, 0.05) is 38.0 Å². The van der Waals surface area contributed by atoms with Crippen LogP contribution in [-0.2, 0) is 6.54 Å². The zero-order chi connectivity index (χ0) is 20.7. The number of hydrogen-bond donors (Lipinski definition) is 3. The summed E-state index contributed by atoms with van der Waals surface area (Å²) in [5, 5.41) is 17.3. The van der Waals surface area contributed by atoms with E-state index in [4.69, 9.17) is 4.74 Å². The average molecular weight is 425 g/mol.